The molecule has 1 aromatic rings. The molecule has 2 amide bonds. The van der Waals surface area contributed by atoms with Gasteiger partial charge in [-0.3, -0.25) is 0 Å². The quantitative estimate of drug-likeness (QED) is 0.834. The van der Waals surface area contributed by atoms with E-state index < -0.39 is 0 Å². The molecule has 6 nitrogen and oxygen atoms in total. The Labute approximate surface area is 143 Å². The van der Waals surface area contributed by atoms with Crippen molar-refractivity contribution in [1.29, 1.82) is 0 Å². The minimum Gasteiger partial charge on any atom is -0.497 e. The fourth-order valence-electron chi connectivity index (χ4n) is 2.61. The van der Waals surface area contributed by atoms with E-state index in [1.165, 1.54) is 0 Å². The molecule has 1 atom stereocenters. The SMILES string of the molecule is CCCN(CC1CC(c2ccc(OC)cc2)=NO1)C(=O)NC(C)C. The number of rotatable bonds is 7. The van der Waals surface area contributed by atoms with Crippen molar-refractivity contribution >= 4 is 11.7 Å². The lowest BCUT2D eigenvalue weighted by atomic mass is 10.0. The van der Waals surface area contributed by atoms with Crippen LogP contribution in [0, 0.1) is 0 Å². The number of oxime groups is 1. The van der Waals surface area contributed by atoms with Crippen molar-refractivity contribution in [3.63, 3.8) is 0 Å². The third kappa shape index (κ3) is 4.88. The summed E-state index contributed by atoms with van der Waals surface area (Å²) in [7, 11) is 1.64. The van der Waals surface area contributed by atoms with E-state index in [9.17, 15) is 4.79 Å². The highest BCUT2D eigenvalue weighted by Gasteiger charge is 2.26. The van der Waals surface area contributed by atoms with Gasteiger partial charge in [0.2, 0.25) is 0 Å². The van der Waals surface area contributed by atoms with Crippen LogP contribution < -0.4 is 10.1 Å². The maximum atomic E-state index is 12.3. The van der Waals surface area contributed by atoms with Crippen molar-refractivity contribution in [2.45, 2.75) is 45.8 Å². The van der Waals surface area contributed by atoms with E-state index in [2.05, 4.69) is 17.4 Å². The molecule has 6 heteroatoms. The topological polar surface area (TPSA) is 63.2 Å². The first-order valence-electron chi connectivity index (χ1n) is 8.46. The van der Waals surface area contributed by atoms with Gasteiger partial charge >= 0.3 is 6.03 Å². The average molecular weight is 333 g/mol. The van der Waals surface area contributed by atoms with Crippen LogP contribution in [0.1, 0.15) is 39.2 Å². The van der Waals surface area contributed by atoms with Gasteiger partial charge in [-0.1, -0.05) is 12.1 Å². The molecule has 0 saturated heterocycles. The molecule has 132 valence electrons. The monoisotopic (exact) mass is 333 g/mol. The molecule has 0 aromatic heterocycles. The Hall–Kier alpha value is -2.24. The molecule has 0 bridgehead atoms. The first-order valence-corrected chi connectivity index (χ1v) is 8.46. The van der Waals surface area contributed by atoms with Gasteiger partial charge in [-0.2, -0.15) is 0 Å². The van der Waals surface area contributed by atoms with Gasteiger partial charge in [-0.15, -0.1) is 0 Å². The molecule has 0 radical (unpaired) electrons. The maximum absolute atomic E-state index is 12.3. The molecule has 0 fully saturated rings. The first kappa shape index (κ1) is 18.1. The van der Waals surface area contributed by atoms with Crippen LogP contribution in [-0.2, 0) is 4.84 Å². The summed E-state index contributed by atoms with van der Waals surface area (Å²) in [4.78, 5) is 19.6. The van der Waals surface area contributed by atoms with Crippen molar-refractivity contribution < 1.29 is 14.4 Å². The number of nitrogens with one attached hydrogen (secondary N) is 1. The van der Waals surface area contributed by atoms with Crippen LogP contribution in [0.3, 0.4) is 0 Å². The third-order valence-electron chi connectivity index (χ3n) is 3.77. The van der Waals surface area contributed by atoms with Gasteiger partial charge in [-0.05, 0) is 50.1 Å². The van der Waals surface area contributed by atoms with Crippen LogP contribution in [0.15, 0.2) is 29.4 Å². The summed E-state index contributed by atoms with van der Waals surface area (Å²) in [6, 6.07) is 7.83. The molecule has 1 aromatic carbocycles. The summed E-state index contributed by atoms with van der Waals surface area (Å²) in [6.07, 6.45) is 1.50. The molecular formula is C18H27N3O3. The smallest absolute Gasteiger partial charge is 0.317 e. The Morgan fingerprint density at radius 3 is 2.71 bits per heavy atom. The predicted octanol–water partition coefficient (Wildman–Crippen LogP) is 3.02. The highest BCUT2D eigenvalue weighted by molar-refractivity contribution is 6.01. The Bertz CT molecular complexity index is 569. The standard InChI is InChI=1S/C18H27N3O3/c1-5-10-21(18(22)19-13(2)3)12-16-11-17(20-24-16)14-6-8-15(23-4)9-7-14/h6-9,13,16H,5,10-12H2,1-4H3,(H,19,22). The summed E-state index contributed by atoms with van der Waals surface area (Å²) < 4.78 is 5.17. The van der Waals surface area contributed by atoms with Crippen LogP contribution >= 0.6 is 0 Å². The van der Waals surface area contributed by atoms with E-state index in [0.717, 1.165) is 23.4 Å². The zero-order chi connectivity index (χ0) is 17.5. The minimum absolute atomic E-state index is 0.0478. The molecule has 0 aliphatic carbocycles. The van der Waals surface area contributed by atoms with Crippen molar-refractivity contribution in [3.8, 4) is 5.75 Å². The number of nitrogens with zero attached hydrogens (tertiary/aromatic N) is 2. The second-order valence-electron chi connectivity index (χ2n) is 6.25. The van der Waals surface area contributed by atoms with Crippen LogP contribution in [-0.4, -0.2) is 49.0 Å². The van der Waals surface area contributed by atoms with Gasteiger partial charge in [0.15, 0.2) is 6.10 Å². The number of carbonyl (C=O) groups excluding carboxylic acids is 1. The fourth-order valence-corrected chi connectivity index (χ4v) is 2.61. The highest BCUT2D eigenvalue weighted by atomic mass is 16.6. The van der Waals surface area contributed by atoms with Crippen molar-refractivity contribution in [2.24, 2.45) is 5.16 Å². The molecule has 1 heterocycles. The largest absolute Gasteiger partial charge is 0.497 e. The molecule has 1 unspecified atom stereocenters. The Morgan fingerprint density at radius 2 is 2.12 bits per heavy atom. The number of urea groups is 1. The van der Waals surface area contributed by atoms with E-state index >= 15 is 0 Å². The van der Waals surface area contributed by atoms with E-state index in [0.29, 0.717) is 19.5 Å². The third-order valence-corrected chi connectivity index (χ3v) is 3.77. The zero-order valence-electron chi connectivity index (χ0n) is 14.9. The summed E-state index contributed by atoms with van der Waals surface area (Å²) in [5, 5.41) is 7.13. The lowest BCUT2D eigenvalue weighted by Gasteiger charge is -2.25. The van der Waals surface area contributed by atoms with Crippen LogP contribution in [0.2, 0.25) is 0 Å². The summed E-state index contributed by atoms with van der Waals surface area (Å²) in [5.74, 6) is 0.814. The molecule has 1 aliphatic heterocycles. The molecule has 1 aliphatic rings. The maximum Gasteiger partial charge on any atom is 0.317 e. The van der Waals surface area contributed by atoms with Crippen LogP contribution in [0.4, 0.5) is 4.79 Å². The molecule has 24 heavy (non-hydrogen) atoms. The lowest BCUT2D eigenvalue weighted by molar-refractivity contribution is 0.0603. The zero-order valence-corrected chi connectivity index (χ0v) is 14.9. The average Bonchev–Trinajstić information content (AvgIpc) is 3.02. The summed E-state index contributed by atoms with van der Waals surface area (Å²) >= 11 is 0. The normalized spacial score (nSPS) is 16.5. The van der Waals surface area contributed by atoms with Gasteiger partial charge in [0.1, 0.15) is 5.75 Å². The van der Waals surface area contributed by atoms with Gasteiger partial charge < -0.3 is 19.8 Å². The molecule has 0 saturated carbocycles. The van der Waals surface area contributed by atoms with Crippen molar-refractivity contribution in [3.05, 3.63) is 29.8 Å². The Morgan fingerprint density at radius 1 is 1.42 bits per heavy atom. The number of hydrogen-bond acceptors (Lipinski definition) is 4. The fraction of sp³-hybridized carbons (Fsp3) is 0.556. The van der Waals surface area contributed by atoms with Gasteiger partial charge in [0.25, 0.3) is 0 Å². The predicted molar refractivity (Wildman–Crippen MR) is 94.6 cm³/mol. The summed E-state index contributed by atoms with van der Waals surface area (Å²) in [5.41, 5.74) is 1.93. The second-order valence-corrected chi connectivity index (χ2v) is 6.25. The lowest BCUT2D eigenvalue weighted by Crippen LogP contribution is -2.46. The molecule has 2 rings (SSSR count). The summed E-state index contributed by atoms with van der Waals surface area (Å²) in [6.45, 7) is 7.22. The number of hydrogen-bond donors (Lipinski definition) is 1. The minimum atomic E-state index is -0.105. The number of benzene rings is 1. The first-order chi connectivity index (χ1) is 11.5. The van der Waals surface area contributed by atoms with Gasteiger partial charge in [0.05, 0.1) is 19.4 Å². The van der Waals surface area contributed by atoms with Crippen LogP contribution in [0.5, 0.6) is 5.75 Å². The van der Waals surface area contributed by atoms with Gasteiger partial charge in [-0.25, -0.2) is 4.79 Å². The molecular weight excluding hydrogens is 306 g/mol. The second kappa shape index (κ2) is 8.57. The number of methoxy groups -OCH3 is 1. The number of amides is 2. The Balaban J connectivity index is 1.93. The van der Waals surface area contributed by atoms with E-state index in [4.69, 9.17) is 9.57 Å². The van der Waals surface area contributed by atoms with E-state index in [-0.39, 0.29) is 18.2 Å². The molecule has 0 spiro atoms. The highest BCUT2D eigenvalue weighted by Crippen LogP contribution is 2.20. The molecule has 1 N–H and O–H groups in total. The number of ether oxygens (including phenoxy) is 1. The number of carbonyl (C=O) groups is 1. The van der Waals surface area contributed by atoms with E-state index in [1.807, 2.05) is 38.1 Å². The Kier molecular flexibility index (Phi) is 6.46. The van der Waals surface area contributed by atoms with Crippen molar-refractivity contribution in [1.82, 2.24) is 10.2 Å². The van der Waals surface area contributed by atoms with Crippen LogP contribution in [0.25, 0.3) is 0 Å². The van der Waals surface area contributed by atoms with E-state index in [1.54, 1.807) is 12.0 Å². The van der Waals surface area contributed by atoms with Crippen molar-refractivity contribution in [2.75, 3.05) is 20.2 Å². The van der Waals surface area contributed by atoms with Gasteiger partial charge in [0, 0.05) is 19.0 Å².